The summed E-state index contributed by atoms with van der Waals surface area (Å²) in [4.78, 5) is 12.1. The van der Waals surface area contributed by atoms with Gasteiger partial charge in [-0.2, -0.15) is 0 Å². The van der Waals surface area contributed by atoms with Crippen LogP contribution in [0, 0.1) is 0 Å². The predicted molar refractivity (Wildman–Crippen MR) is 81.5 cm³/mol. The average molecular weight is 305 g/mol. The van der Waals surface area contributed by atoms with Crippen molar-refractivity contribution in [1.82, 2.24) is 4.72 Å². The molecule has 1 amide bonds. The van der Waals surface area contributed by atoms with E-state index in [9.17, 15) is 13.2 Å². The van der Waals surface area contributed by atoms with Gasteiger partial charge in [0.2, 0.25) is 10.0 Å². The molecule has 0 aliphatic carbocycles. The predicted octanol–water partition coefficient (Wildman–Crippen LogP) is 1.43. The molecule has 21 heavy (non-hydrogen) atoms. The minimum Gasteiger partial charge on any atom is -0.399 e. The van der Waals surface area contributed by atoms with Crippen molar-refractivity contribution in [1.29, 1.82) is 0 Å². The smallest absolute Gasteiger partial charge is 0.255 e. The van der Waals surface area contributed by atoms with Crippen molar-refractivity contribution in [3.05, 3.63) is 54.1 Å². The SMILES string of the molecule is CNS(=O)(=O)c1ccc(NC(=O)c2cccc(N)c2)cc1. The molecule has 2 aromatic carbocycles. The highest BCUT2D eigenvalue weighted by Gasteiger charge is 2.11. The minimum absolute atomic E-state index is 0.131. The Labute approximate surface area is 123 Å². The van der Waals surface area contributed by atoms with Crippen molar-refractivity contribution >= 4 is 27.3 Å². The molecule has 0 saturated heterocycles. The summed E-state index contributed by atoms with van der Waals surface area (Å²) in [5.74, 6) is -0.313. The lowest BCUT2D eigenvalue weighted by molar-refractivity contribution is 0.102. The molecule has 0 saturated carbocycles. The Morgan fingerprint density at radius 3 is 2.33 bits per heavy atom. The Kier molecular flexibility index (Phi) is 4.25. The molecule has 0 radical (unpaired) electrons. The highest BCUT2D eigenvalue weighted by molar-refractivity contribution is 7.89. The van der Waals surface area contributed by atoms with E-state index < -0.39 is 10.0 Å². The molecule has 0 aliphatic heterocycles. The molecule has 0 spiro atoms. The van der Waals surface area contributed by atoms with E-state index in [0.29, 0.717) is 16.9 Å². The summed E-state index contributed by atoms with van der Waals surface area (Å²) < 4.78 is 25.4. The highest BCUT2D eigenvalue weighted by atomic mass is 32.2. The second-order valence-electron chi connectivity index (χ2n) is 4.31. The average Bonchev–Trinajstić information content (AvgIpc) is 2.48. The number of carbonyl (C=O) groups excluding carboxylic acids is 1. The van der Waals surface area contributed by atoms with Crippen LogP contribution >= 0.6 is 0 Å². The molecule has 0 atom stereocenters. The van der Waals surface area contributed by atoms with E-state index in [1.807, 2.05) is 0 Å². The number of nitrogen functional groups attached to an aromatic ring is 1. The van der Waals surface area contributed by atoms with E-state index in [0.717, 1.165) is 0 Å². The maximum atomic E-state index is 12.0. The van der Waals surface area contributed by atoms with Crippen molar-refractivity contribution in [2.45, 2.75) is 4.90 Å². The summed E-state index contributed by atoms with van der Waals surface area (Å²) in [6.07, 6.45) is 0. The number of anilines is 2. The van der Waals surface area contributed by atoms with Gasteiger partial charge in [0, 0.05) is 16.9 Å². The first-order chi connectivity index (χ1) is 9.92. The maximum absolute atomic E-state index is 12.0. The first-order valence-corrected chi connectivity index (χ1v) is 7.61. The molecule has 0 aromatic heterocycles. The monoisotopic (exact) mass is 305 g/mol. The van der Waals surface area contributed by atoms with E-state index in [1.54, 1.807) is 24.3 Å². The third-order valence-electron chi connectivity index (χ3n) is 2.84. The second kappa shape index (κ2) is 5.94. The molecule has 0 fully saturated rings. The van der Waals surface area contributed by atoms with E-state index >= 15 is 0 Å². The fourth-order valence-corrected chi connectivity index (χ4v) is 2.45. The number of nitrogens with two attached hydrogens (primary N) is 1. The minimum atomic E-state index is -3.48. The Morgan fingerprint density at radius 1 is 1.10 bits per heavy atom. The topological polar surface area (TPSA) is 101 Å². The van der Waals surface area contributed by atoms with Gasteiger partial charge in [0.1, 0.15) is 0 Å². The van der Waals surface area contributed by atoms with Crippen LogP contribution in [0.2, 0.25) is 0 Å². The van der Waals surface area contributed by atoms with Crippen LogP contribution in [0.3, 0.4) is 0 Å². The summed E-state index contributed by atoms with van der Waals surface area (Å²) in [5.41, 5.74) is 7.05. The third-order valence-corrected chi connectivity index (χ3v) is 4.27. The highest BCUT2D eigenvalue weighted by Crippen LogP contribution is 2.15. The van der Waals surface area contributed by atoms with Gasteiger partial charge in [-0.1, -0.05) is 6.07 Å². The van der Waals surface area contributed by atoms with Crippen LogP contribution in [0.5, 0.6) is 0 Å². The number of amides is 1. The molecule has 0 aliphatic rings. The zero-order valence-electron chi connectivity index (χ0n) is 11.3. The van der Waals surface area contributed by atoms with Gasteiger partial charge in [-0.15, -0.1) is 0 Å². The van der Waals surface area contributed by atoms with Gasteiger partial charge in [0.25, 0.3) is 5.91 Å². The first kappa shape index (κ1) is 15.0. The fraction of sp³-hybridized carbons (Fsp3) is 0.0714. The van der Waals surface area contributed by atoms with Crippen molar-refractivity contribution < 1.29 is 13.2 Å². The zero-order chi connectivity index (χ0) is 15.5. The van der Waals surface area contributed by atoms with Gasteiger partial charge in [-0.05, 0) is 49.5 Å². The van der Waals surface area contributed by atoms with Crippen LogP contribution in [0.15, 0.2) is 53.4 Å². The quantitative estimate of drug-likeness (QED) is 0.744. The zero-order valence-corrected chi connectivity index (χ0v) is 12.1. The molecule has 0 heterocycles. The van der Waals surface area contributed by atoms with Crippen molar-refractivity contribution in [2.75, 3.05) is 18.1 Å². The lowest BCUT2D eigenvalue weighted by atomic mass is 10.2. The largest absolute Gasteiger partial charge is 0.399 e. The molecule has 2 rings (SSSR count). The van der Waals surface area contributed by atoms with E-state index in [-0.39, 0.29) is 10.8 Å². The number of nitrogens with one attached hydrogen (secondary N) is 2. The number of hydrogen-bond acceptors (Lipinski definition) is 4. The lowest BCUT2D eigenvalue weighted by Gasteiger charge is -2.07. The Bertz CT molecular complexity index is 755. The Hall–Kier alpha value is -2.38. The lowest BCUT2D eigenvalue weighted by Crippen LogP contribution is -2.18. The van der Waals surface area contributed by atoms with Gasteiger partial charge in [0.05, 0.1) is 4.90 Å². The van der Waals surface area contributed by atoms with Crippen molar-refractivity contribution in [3.8, 4) is 0 Å². The number of rotatable bonds is 4. The molecule has 7 heteroatoms. The summed E-state index contributed by atoms with van der Waals surface area (Å²) >= 11 is 0. The van der Waals surface area contributed by atoms with Crippen LogP contribution in [0.1, 0.15) is 10.4 Å². The van der Waals surface area contributed by atoms with Crippen molar-refractivity contribution in [2.24, 2.45) is 0 Å². The molecule has 0 unspecified atom stereocenters. The van der Waals surface area contributed by atoms with Gasteiger partial charge in [-0.3, -0.25) is 4.79 Å². The molecule has 6 nitrogen and oxygen atoms in total. The van der Waals surface area contributed by atoms with Crippen molar-refractivity contribution in [3.63, 3.8) is 0 Å². The first-order valence-electron chi connectivity index (χ1n) is 6.13. The molecule has 0 bridgehead atoms. The van der Waals surface area contributed by atoms with E-state index in [2.05, 4.69) is 10.0 Å². The fourth-order valence-electron chi connectivity index (χ4n) is 1.72. The summed E-state index contributed by atoms with van der Waals surface area (Å²) in [6.45, 7) is 0. The summed E-state index contributed by atoms with van der Waals surface area (Å²) in [5, 5.41) is 2.67. The van der Waals surface area contributed by atoms with Crippen LogP contribution in [0.25, 0.3) is 0 Å². The van der Waals surface area contributed by atoms with Gasteiger partial charge >= 0.3 is 0 Å². The number of sulfonamides is 1. The van der Waals surface area contributed by atoms with Crippen LogP contribution in [-0.2, 0) is 10.0 Å². The number of carbonyl (C=O) groups is 1. The second-order valence-corrected chi connectivity index (χ2v) is 6.20. The third kappa shape index (κ3) is 3.59. The molecule has 110 valence electrons. The standard InChI is InChI=1S/C14H15N3O3S/c1-16-21(19,20)13-7-5-12(6-8-13)17-14(18)10-3-2-4-11(15)9-10/h2-9,16H,15H2,1H3,(H,17,18). The molecule has 4 N–H and O–H groups in total. The molecular weight excluding hydrogens is 290 g/mol. The van der Waals surface area contributed by atoms with Gasteiger partial charge in [-0.25, -0.2) is 13.1 Å². The molecule has 2 aromatic rings. The summed E-state index contributed by atoms with van der Waals surface area (Å²) in [6, 6.07) is 12.5. The van der Waals surface area contributed by atoms with Crippen LogP contribution in [0.4, 0.5) is 11.4 Å². The Morgan fingerprint density at radius 2 is 1.76 bits per heavy atom. The maximum Gasteiger partial charge on any atom is 0.255 e. The Balaban J connectivity index is 2.16. The van der Waals surface area contributed by atoms with Crippen LogP contribution < -0.4 is 15.8 Å². The number of benzene rings is 2. The van der Waals surface area contributed by atoms with E-state index in [1.165, 1.54) is 31.3 Å². The molecular formula is C14H15N3O3S. The van der Waals surface area contributed by atoms with E-state index in [4.69, 9.17) is 5.73 Å². The normalized spacial score (nSPS) is 11.1. The van der Waals surface area contributed by atoms with Gasteiger partial charge < -0.3 is 11.1 Å². The van der Waals surface area contributed by atoms with Crippen LogP contribution in [-0.4, -0.2) is 21.4 Å². The summed E-state index contributed by atoms with van der Waals surface area (Å²) in [7, 11) is -2.14. The number of hydrogen-bond donors (Lipinski definition) is 3. The van der Waals surface area contributed by atoms with Gasteiger partial charge in [0.15, 0.2) is 0 Å².